The fourth-order valence-electron chi connectivity index (χ4n) is 1.88. The van der Waals surface area contributed by atoms with Crippen LogP contribution in [0.5, 0.6) is 11.5 Å². The summed E-state index contributed by atoms with van der Waals surface area (Å²) >= 11 is 0. The van der Waals surface area contributed by atoms with Gasteiger partial charge in [0.25, 0.3) is 0 Å². The van der Waals surface area contributed by atoms with Crippen LogP contribution in [0.2, 0.25) is 0 Å². The highest BCUT2D eigenvalue weighted by molar-refractivity contribution is 5.33. The number of hydrogen-bond acceptors (Lipinski definition) is 4. The van der Waals surface area contributed by atoms with E-state index in [0.29, 0.717) is 13.2 Å². The highest BCUT2D eigenvalue weighted by Gasteiger charge is 2.02. The highest BCUT2D eigenvalue weighted by atomic mass is 16.5. The van der Waals surface area contributed by atoms with Gasteiger partial charge in [0.05, 0.1) is 0 Å². The SMILES string of the molecule is N#CCOc1ccccc1CNCCOc1ccccc1. The summed E-state index contributed by atoms with van der Waals surface area (Å²) < 4.78 is 11.0. The number of nitrogens with zero attached hydrogens (tertiary/aromatic N) is 1. The van der Waals surface area contributed by atoms with Gasteiger partial charge < -0.3 is 14.8 Å². The van der Waals surface area contributed by atoms with Crippen LogP contribution in [0.15, 0.2) is 54.6 Å². The summed E-state index contributed by atoms with van der Waals surface area (Å²) in [6, 6.07) is 19.4. The van der Waals surface area contributed by atoms with Crippen LogP contribution in [0.4, 0.5) is 0 Å². The Labute approximate surface area is 124 Å². The zero-order valence-corrected chi connectivity index (χ0v) is 11.8. The molecule has 1 N–H and O–H groups in total. The zero-order chi connectivity index (χ0) is 14.8. The molecule has 2 aromatic rings. The first-order valence-electron chi connectivity index (χ1n) is 6.86. The molecule has 0 amide bonds. The summed E-state index contributed by atoms with van der Waals surface area (Å²) in [6.07, 6.45) is 0. The first kappa shape index (κ1) is 14.9. The molecule has 0 aliphatic carbocycles. The number of benzene rings is 2. The number of ether oxygens (including phenoxy) is 2. The van der Waals surface area contributed by atoms with Gasteiger partial charge in [0.2, 0.25) is 0 Å². The standard InChI is InChI=1S/C17H18N2O2/c18-10-12-21-17-9-5-4-6-15(17)14-19-11-13-20-16-7-2-1-3-8-16/h1-9,19H,11-14H2. The third-order valence-corrected chi connectivity index (χ3v) is 2.87. The molecular formula is C17H18N2O2. The third-order valence-electron chi connectivity index (χ3n) is 2.87. The quantitative estimate of drug-likeness (QED) is 0.756. The second-order valence-corrected chi connectivity index (χ2v) is 4.39. The molecule has 0 fully saturated rings. The minimum absolute atomic E-state index is 0.0636. The lowest BCUT2D eigenvalue weighted by atomic mass is 10.2. The number of rotatable bonds is 8. The first-order chi connectivity index (χ1) is 10.4. The Bertz CT molecular complexity index is 579. The van der Waals surface area contributed by atoms with E-state index in [4.69, 9.17) is 14.7 Å². The van der Waals surface area contributed by atoms with Crippen LogP contribution >= 0.6 is 0 Å². The van der Waals surface area contributed by atoms with E-state index in [0.717, 1.165) is 23.6 Å². The van der Waals surface area contributed by atoms with Crippen molar-refractivity contribution in [3.63, 3.8) is 0 Å². The minimum Gasteiger partial charge on any atom is -0.492 e. The molecule has 0 aliphatic rings. The van der Waals surface area contributed by atoms with Crippen molar-refractivity contribution in [2.24, 2.45) is 0 Å². The fraction of sp³-hybridized carbons (Fsp3) is 0.235. The van der Waals surface area contributed by atoms with E-state index in [1.807, 2.05) is 60.7 Å². The lowest BCUT2D eigenvalue weighted by molar-refractivity contribution is 0.312. The van der Waals surface area contributed by atoms with Crippen molar-refractivity contribution < 1.29 is 9.47 Å². The smallest absolute Gasteiger partial charge is 0.174 e. The van der Waals surface area contributed by atoms with E-state index in [9.17, 15) is 0 Å². The molecular weight excluding hydrogens is 264 g/mol. The Balaban J connectivity index is 1.72. The molecule has 0 heterocycles. The van der Waals surface area contributed by atoms with Gasteiger partial charge in [-0.1, -0.05) is 36.4 Å². The van der Waals surface area contributed by atoms with Crippen LogP contribution in [0.3, 0.4) is 0 Å². The van der Waals surface area contributed by atoms with Crippen LogP contribution in [0, 0.1) is 11.3 Å². The van der Waals surface area contributed by atoms with Gasteiger partial charge >= 0.3 is 0 Å². The van der Waals surface area contributed by atoms with Gasteiger partial charge in [-0.05, 0) is 18.2 Å². The summed E-state index contributed by atoms with van der Waals surface area (Å²) in [5.41, 5.74) is 1.03. The normalized spacial score (nSPS) is 9.86. The van der Waals surface area contributed by atoms with Crippen molar-refractivity contribution in [3.8, 4) is 17.6 Å². The Hall–Kier alpha value is -2.51. The number of hydrogen-bond donors (Lipinski definition) is 1. The molecule has 0 bridgehead atoms. The van der Waals surface area contributed by atoms with E-state index in [-0.39, 0.29) is 6.61 Å². The Kier molecular flexibility index (Phi) is 6.11. The van der Waals surface area contributed by atoms with Gasteiger partial charge in [-0.25, -0.2) is 0 Å². The lowest BCUT2D eigenvalue weighted by Crippen LogP contribution is -2.21. The van der Waals surface area contributed by atoms with Crippen LogP contribution in [-0.2, 0) is 6.54 Å². The molecule has 4 nitrogen and oxygen atoms in total. The van der Waals surface area contributed by atoms with E-state index >= 15 is 0 Å². The molecule has 0 unspecified atom stereocenters. The maximum atomic E-state index is 8.57. The summed E-state index contributed by atoms with van der Waals surface area (Å²) in [6.45, 7) is 2.08. The molecule has 0 aromatic heterocycles. The number of nitriles is 1. The fourth-order valence-corrected chi connectivity index (χ4v) is 1.88. The molecule has 0 saturated carbocycles. The van der Waals surface area contributed by atoms with Crippen LogP contribution in [-0.4, -0.2) is 19.8 Å². The molecule has 2 aromatic carbocycles. The Morgan fingerprint density at radius 1 is 0.952 bits per heavy atom. The molecule has 0 spiro atoms. The topological polar surface area (TPSA) is 54.3 Å². The predicted molar refractivity (Wildman–Crippen MR) is 81.2 cm³/mol. The highest BCUT2D eigenvalue weighted by Crippen LogP contribution is 2.17. The largest absolute Gasteiger partial charge is 0.492 e. The Morgan fingerprint density at radius 3 is 2.52 bits per heavy atom. The van der Waals surface area contributed by atoms with Crippen molar-refractivity contribution in [2.45, 2.75) is 6.54 Å². The number of para-hydroxylation sites is 2. The average molecular weight is 282 g/mol. The van der Waals surface area contributed by atoms with Gasteiger partial charge in [0, 0.05) is 18.7 Å². The molecule has 108 valence electrons. The van der Waals surface area contributed by atoms with Crippen molar-refractivity contribution in [1.82, 2.24) is 5.32 Å². The van der Waals surface area contributed by atoms with Crippen LogP contribution in [0.1, 0.15) is 5.56 Å². The molecule has 2 rings (SSSR count). The van der Waals surface area contributed by atoms with Crippen molar-refractivity contribution >= 4 is 0 Å². The minimum atomic E-state index is 0.0636. The predicted octanol–water partition coefficient (Wildman–Crippen LogP) is 2.76. The zero-order valence-electron chi connectivity index (χ0n) is 11.8. The molecule has 0 aliphatic heterocycles. The van der Waals surface area contributed by atoms with Gasteiger partial charge in [-0.3, -0.25) is 0 Å². The maximum absolute atomic E-state index is 8.57. The lowest BCUT2D eigenvalue weighted by Gasteiger charge is -2.11. The summed E-state index contributed by atoms with van der Waals surface area (Å²) in [5, 5.41) is 11.9. The van der Waals surface area contributed by atoms with Crippen molar-refractivity contribution in [1.29, 1.82) is 5.26 Å². The first-order valence-corrected chi connectivity index (χ1v) is 6.86. The summed E-state index contributed by atoms with van der Waals surface area (Å²) in [7, 11) is 0. The van der Waals surface area contributed by atoms with Gasteiger partial charge in [0.1, 0.15) is 24.2 Å². The molecule has 4 heteroatoms. The molecule has 21 heavy (non-hydrogen) atoms. The van der Waals surface area contributed by atoms with Gasteiger partial charge in [-0.15, -0.1) is 0 Å². The summed E-state index contributed by atoms with van der Waals surface area (Å²) in [4.78, 5) is 0. The van der Waals surface area contributed by atoms with E-state index < -0.39 is 0 Å². The molecule has 0 atom stereocenters. The monoisotopic (exact) mass is 282 g/mol. The van der Waals surface area contributed by atoms with Crippen molar-refractivity contribution in [3.05, 3.63) is 60.2 Å². The van der Waals surface area contributed by atoms with Crippen LogP contribution in [0.25, 0.3) is 0 Å². The molecule has 0 saturated heterocycles. The second-order valence-electron chi connectivity index (χ2n) is 4.39. The third kappa shape index (κ3) is 5.17. The Morgan fingerprint density at radius 2 is 1.71 bits per heavy atom. The average Bonchev–Trinajstić information content (AvgIpc) is 2.54. The van der Waals surface area contributed by atoms with Gasteiger partial charge in [-0.2, -0.15) is 5.26 Å². The van der Waals surface area contributed by atoms with E-state index in [2.05, 4.69) is 5.32 Å². The maximum Gasteiger partial charge on any atom is 0.174 e. The van der Waals surface area contributed by atoms with Gasteiger partial charge in [0.15, 0.2) is 6.61 Å². The van der Waals surface area contributed by atoms with E-state index in [1.54, 1.807) is 0 Å². The van der Waals surface area contributed by atoms with Crippen molar-refractivity contribution in [2.75, 3.05) is 19.8 Å². The van der Waals surface area contributed by atoms with E-state index in [1.165, 1.54) is 0 Å². The number of nitrogens with one attached hydrogen (secondary N) is 1. The van der Waals surface area contributed by atoms with Crippen LogP contribution < -0.4 is 14.8 Å². The summed E-state index contributed by atoms with van der Waals surface area (Å²) in [5.74, 6) is 1.62. The molecule has 0 radical (unpaired) electrons. The second kappa shape index (κ2) is 8.62.